The molecule has 0 saturated carbocycles. The van der Waals surface area contributed by atoms with Crippen molar-refractivity contribution >= 4 is 16.9 Å². The second kappa shape index (κ2) is 13.3. The van der Waals surface area contributed by atoms with Crippen LogP contribution in [0.15, 0.2) is 24.3 Å². The van der Waals surface area contributed by atoms with Gasteiger partial charge < -0.3 is 9.47 Å². The molecule has 0 aliphatic rings. The molecule has 0 atom stereocenters. The number of pyridine rings is 1. The molecular formula is C26H39NO3. The number of esters is 1. The minimum absolute atomic E-state index is 0.314. The first-order valence-corrected chi connectivity index (χ1v) is 11.8. The maximum atomic E-state index is 12.2. The number of nitrogens with zero attached hydrogens (tertiary/aromatic N) is 1. The number of rotatable bonds is 14. The lowest BCUT2D eigenvalue weighted by Crippen LogP contribution is -2.08. The zero-order chi connectivity index (χ0) is 21.8. The molecular weight excluding hydrogens is 374 g/mol. The van der Waals surface area contributed by atoms with Gasteiger partial charge in [-0.25, -0.2) is 9.78 Å². The SMILES string of the molecule is CCCCc1ccc2nc(C(=O)OCC)cc(OCCCCCCCC(C)C)c2c1. The number of ether oxygens (including phenoxy) is 2. The Bertz CT molecular complexity index is 785. The predicted molar refractivity (Wildman–Crippen MR) is 124 cm³/mol. The number of unbranched alkanes of at least 4 members (excludes halogenated alkanes) is 5. The van der Waals surface area contributed by atoms with Crippen LogP contribution < -0.4 is 4.74 Å². The Morgan fingerprint density at radius 3 is 2.50 bits per heavy atom. The largest absolute Gasteiger partial charge is 0.493 e. The molecule has 0 N–H and O–H groups in total. The van der Waals surface area contributed by atoms with Crippen molar-refractivity contribution in [3.05, 3.63) is 35.5 Å². The van der Waals surface area contributed by atoms with Crippen LogP contribution in [0, 0.1) is 5.92 Å². The van der Waals surface area contributed by atoms with Gasteiger partial charge in [-0.15, -0.1) is 0 Å². The van der Waals surface area contributed by atoms with Gasteiger partial charge >= 0.3 is 5.97 Å². The van der Waals surface area contributed by atoms with Gasteiger partial charge in [0.15, 0.2) is 5.69 Å². The Balaban J connectivity index is 2.05. The third-order valence-corrected chi connectivity index (χ3v) is 5.32. The molecule has 0 radical (unpaired) electrons. The first-order chi connectivity index (χ1) is 14.5. The van der Waals surface area contributed by atoms with Crippen molar-refractivity contribution in [3.8, 4) is 5.75 Å². The average Bonchev–Trinajstić information content (AvgIpc) is 2.73. The number of aromatic nitrogens is 1. The highest BCUT2D eigenvalue weighted by molar-refractivity contribution is 5.94. The molecule has 2 aromatic rings. The molecule has 0 amide bonds. The van der Waals surface area contributed by atoms with Crippen molar-refractivity contribution in [1.29, 1.82) is 0 Å². The van der Waals surface area contributed by atoms with Gasteiger partial charge in [0, 0.05) is 11.5 Å². The molecule has 0 aliphatic heterocycles. The first kappa shape index (κ1) is 24.2. The molecule has 0 aliphatic carbocycles. The van der Waals surface area contributed by atoms with E-state index < -0.39 is 5.97 Å². The maximum Gasteiger partial charge on any atom is 0.357 e. The van der Waals surface area contributed by atoms with Gasteiger partial charge in [-0.1, -0.05) is 65.4 Å². The first-order valence-electron chi connectivity index (χ1n) is 11.8. The standard InChI is InChI=1S/C26H39NO3/c1-5-7-14-21-15-16-23-22(18-21)25(19-24(27-23)26(28)29-6-2)30-17-12-10-8-9-11-13-20(3)4/h15-16,18-20H,5-14,17H2,1-4H3. The predicted octanol–water partition coefficient (Wildman–Crippen LogP) is 7.13. The van der Waals surface area contributed by atoms with Gasteiger partial charge in [-0.3, -0.25) is 0 Å². The lowest BCUT2D eigenvalue weighted by atomic mass is 10.0. The summed E-state index contributed by atoms with van der Waals surface area (Å²) in [4.78, 5) is 16.7. The summed E-state index contributed by atoms with van der Waals surface area (Å²) in [7, 11) is 0. The highest BCUT2D eigenvalue weighted by atomic mass is 16.5. The monoisotopic (exact) mass is 413 g/mol. The van der Waals surface area contributed by atoms with Gasteiger partial charge in [-0.05, 0) is 49.8 Å². The van der Waals surface area contributed by atoms with Gasteiger partial charge in [0.2, 0.25) is 0 Å². The van der Waals surface area contributed by atoms with Crippen LogP contribution in [-0.2, 0) is 11.2 Å². The fourth-order valence-corrected chi connectivity index (χ4v) is 3.57. The lowest BCUT2D eigenvalue weighted by molar-refractivity contribution is 0.0519. The van der Waals surface area contributed by atoms with Crippen LogP contribution in [0.3, 0.4) is 0 Å². The van der Waals surface area contributed by atoms with E-state index >= 15 is 0 Å². The number of aryl methyl sites for hydroxylation is 1. The Morgan fingerprint density at radius 2 is 1.77 bits per heavy atom. The summed E-state index contributed by atoms with van der Waals surface area (Å²) in [5, 5.41) is 0.980. The Morgan fingerprint density at radius 1 is 1.00 bits per heavy atom. The highest BCUT2D eigenvalue weighted by Crippen LogP contribution is 2.28. The van der Waals surface area contributed by atoms with Crippen LogP contribution >= 0.6 is 0 Å². The van der Waals surface area contributed by atoms with Crippen LogP contribution in [0.4, 0.5) is 0 Å². The van der Waals surface area contributed by atoms with Crippen molar-refractivity contribution in [1.82, 2.24) is 4.98 Å². The second-order valence-electron chi connectivity index (χ2n) is 8.48. The molecule has 2 rings (SSSR count). The van der Waals surface area contributed by atoms with Crippen LogP contribution in [0.1, 0.15) is 95.1 Å². The minimum Gasteiger partial charge on any atom is -0.493 e. The molecule has 4 nitrogen and oxygen atoms in total. The van der Waals surface area contributed by atoms with Crippen molar-refractivity contribution in [3.63, 3.8) is 0 Å². The molecule has 0 fully saturated rings. The van der Waals surface area contributed by atoms with E-state index in [0.717, 1.165) is 41.8 Å². The third-order valence-electron chi connectivity index (χ3n) is 5.32. The molecule has 0 bridgehead atoms. The molecule has 1 aromatic carbocycles. The highest BCUT2D eigenvalue weighted by Gasteiger charge is 2.14. The Kier molecular flexibility index (Phi) is 10.7. The fourth-order valence-electron chi connectivity index (χ4n) is 3.57. The zero-order valence-electron chi connectivity index (χ0n) is 19.3. The third kappa shape index (κ3) is 7.97. The lowest BCUT2D eigenvalue weighted by Gasteiger charge is -2.12. The van der Waals surface area contributed by atoms with Crippen LogP contribution in [0.5, 0.6) is 5.75 Å². The van der Waals surface area contributed by atoms with Crippen molar-refractivity contribution in [2.75, 3.05) is 13.2 Å². The minimum atomic E-state index is -0.399. The Hall–Kier alpha value is -2.10. The van der Waals surface area contributed by atoms with E-state index in [9.17, 15) is 4.79 Å². The molecule has 30 heavy (non-hydrogen) atoms. The fraction of sp³-hybridized carbons (Fsp3) is 0.615. The summed E-state index contributed by atoms with van der Waals surface area (Å²) < 4.78 is 11.3. The summed E-state index contributed by atoms with van der Waals surface area (Å²) in [6.07, 6.45) is 10.7. The smallest absolute Gasteiger partial charge is 0.357 e. The van der Waals surface area contributed by atoms with E-state index in [2.05, 4.69) is 37.9 Å². The summed E-state index contributed by atoms with van der Waals surface area (Å²) in [5.74, 6) is 1.13. The molecule has 0 unspecified atom stereocenters. The number of hydrogen-bond donors (Lipinski definition) is 0. The molecule has 4 heteroatoms. The summed E-state index contributed by atoms with van der Waals surface area (Å²) in [6.45, 7) is 9.56. The average molecular weight is 414 g/mol. The zero-order valence-corrected chi connectivity index (χ0v) is 19.3. The van der Waals surface area contributed by atoms with Crippen molar-refractivity contribution < 1.29 is 14.3 Å². The second-order valence-corrected chi connectivity index (χ2v) is 8.48. The quantitative estimate of drug-likeness (QED) is 0.244. The van der Waals surface area contributed by atoms with Gasteiger partial charge in [0.1, 0.15) is 5.75 Å². The summed E-state index contributed by atoms with van der Waals surface area (Å²) >= 11 is 0. The Labute approximate surface area is 182 Å². The van der Waals surface area contributed by atoms with E-state index in [-0.39, 0.29) is 0 Å². The number of carbonyl (C=O) groups excluding carboxylic acids is 1. The van der Waals surface area contributed by atoms with E-state index in [1.54, 1.807) is 13.0 Å². The van der Waals surface area contributed by atoms with E-state index in [4.69, 9.17) is 9.47 Å². The van der Waals surface area contributed by atoms with Crippen LogP contribution in [-0.4, -0.2) is 24.2 Å². The topological polar surface area (TPSA) is 48.4 Å². The number of hydrogen-bond acceptors (Lipinski definition) is 4. The van der Waals surface area contributed by atoms with E-state index in [0.29, 0.717) is 18.9 Å². The number of carbonyl (C=O) groups is 1. The van der Waals surface area contributed by atoms with Crippen LogP contribution in [0.25, 0.3) is 10.9 Å². The molecule has 1 heterocycles. The van der Waals surface area contributed by atoms with Crippen molar-refractivity contribution in [2.45, 2.75) is 85.5 Å². The van der Waals surface area contributed by atoms with E-state index in [1.165, 1.54) is 44.1 Å². The molecule has 1 aromatic heterocycles. The van der Waals surface area contributed by atoms with Gasteiger partial charge in [0.05, 0.1) is 18.7 Å². The molecule has 0 spiro atoms. The maximum absolute atomic E-state index is 12.2. The molecule has 0 saturated heterocycles. The number of benzene rings is 1. The van der Waals surface area contributed by atoms with Gasteiger partial charge in [-0.2, -0.15) is 0 Å². The summed E-state index contributed by atoms with van der Waals surface area (Å²) in [5.41, 5.74) is 2.38. The molecule has 166 valence electrons. The van der Waals surface area contributed by atoms with Gasteiger partial charge in [0.25, 0.3) is 0 Å². The normalized spacial score (nSPS) is 11.2. The van der Waals surface area contributed by atoms with Crippen molar-refractivity contribution in [2.24, 2.45) is 5.92 Å². The summed E-state index contributed by atoms with van der Waals surface area (Å²) in [6, 6.07) is 7.99. The van der Waals surface area contributed by atoms with E-state index in [1.807, 2.05) is 6.07 Å². The number of fused-ring (bicyclic) bond motifs is 1. The van der Waals surface area contributed by atoms with Crippen LogP contribution in [0.2, 0.25) is 0 Å².